The van der Waals surface area contributed by atoms with Gasteiger partial charge in [0.1, 0.15) is 11.9 Å². The highest BCUT2D eigenvalue weighted by Crippen LogP contribution is 2.31. The fourth-order valence-corrected chi connectivity index (χ4v) is 2.17. The number of methoxy groups -OCH3 is 1. The van der Waals surface area contributed by atoms with Crippen LogP contribution in [0.3, 0.4) is 0 Å². The lowest BCUT2D eigenvalue weighted by Gasteiger charge is -2.22. The highest BCUT2D eigenvalue weighted by molar-refractivity contribution is 9.10. The molecule has 2 N–H and O–H groups in total. The van der Waals surface area contributed by atoms with Crippen LogP contribution in [0.25, 0.3) is 0 Å². The lowest BCUT2D eigenvalue weighted by atomic mass is 10.0. The monoisotopic (exact) mass is 364 g/mol. The van der Waals surface area contributed by atoms with Crippen LogP contribution in [-0.2, 0) is 14.3 Å². The minimum absolute atomic E-state index is 0.00657. The van der Waals surface area contributed by atoms with E-state index in [1.54, 1.807) is 12.1 Å². The second-order valence-electron chi connectivity index (χ2n) is 4.09. The minimum atomic E-state index is -1.02. The van der Waals surface area contributed by atoms with Crippen LogP contribution in [0, 0.1) is 0 Å². The molecule has 0 saturated carbocycles. The van der Waals surface area contributed by atoms with E-state index in [0.29, 0.717) is 12.0 Å². The smallest absolute Gasteiger partial charge is 0.315 e. The van der Waals surface area contributed by atoms with E-state index >= 15 is 0 Å². The van der Waals surface area contributed by atoms with Crippen LogP contribution in [0.5, 0.6) is 5.75 Å². The van der Waals surface area contributed by atoms with Crippen LogP contribution < -0.4 is 0 Å². The Morgan fingerprint density at radius 3 is 2.80 bits per heavy atom. The SMILES string of the molecule is CO[C@@H](CCOC(=O)CS)[C@@H](O)c1cc(Br)ccc1O. The van der Waals surface area contributed by atoms with Gasteiger partial charge < -0.3 is 19.7 Å². The zero-order chi connectivity index (χ0) is 15.1. The number of aliphatic hydroxyl groups is 1. The van der Waals surface area contributed by atoms with Gasteiger partial charge in [-0.25, -0.2) is 0 Å². The number of thiol groups is 1. The number of esters is 1. The van der Waals surface area contributed by atoms with Gasteiger partial charge in [-0.15, -0.1) is 0 Å². The summed E-state index contributed by atoms with van der Waals surface area (Å²) < 4.78 is 10.8. The average molecular weight is 365 g/mol. The highest BCUT2D eigenvalue weighted by atomic mass is 79.9. The third-order valence-corrected chi connectivity index (χ3v) is 3.51. The van der Waals surface area contributed by atoms with E-state index in [4.69, 9.17) is 9.47 Å². The maximum absolute atomic E-state index is 11.0. The average Bonchev–Trinajstić information content (AvgIpc) is 2.45. The Morgan fingerprint density at radius 1 is 1.50 bits per heavy atom. The maximum Gasteiger partial charge on any atom is 0.315 e. The van der Waals surface area contributed by atoms with Crippen molar-refractivity contribution >= 4 is 34.5 Å². The summed E-state index contributed by atoms with van der Waals surface area (Å²) >= 11 is 7.07. The summed E-state index contributed by atoms with van der Waals surface area (Å²) in [5.41, 5.74) is 0.353. The number of aliphatic hydroxyl groups excluding tert-OH is 1. The molecule has 0 aliphatic rings. The van der Waals surface area contributed by atoms with Gasteiger partial charge in [0, 0.05) is 23.6 Å². The van der Waals surface area contributed by atoms with Crippen molar-refractivity contribution < 1.29 is 24.5 Å². The first-order chi connectivity index (χ1) is 9.49. The largest absolute Gasteiger partial charge is 0.508 e. The molecule has 0 aromatic heterocycles. The lowest BCUT2D eigenvalue weighted by Crippen LogP contribution is -2.23. The van der Waals surface area contributed by atoms with Crippen molar-refractivity contribution in [2.24, 2.45) is 0 Å². The Morgan fingerprint density at radius 2 is 2.20 bits per heavy atom. The van der Waals surface area contributed by atoms with Gasteiger partial charge in [-0.05, 0) is 18.2 Å². The number of benzene rings is 1. The highest BCUT2D eigenvalue weighted by Gasteiger charge is 2.23. The topological polar surface area (TPSA) is 76.0 Å². The van der Waals surface area contributed by atoms with Gasteiger partial charge in [0.25, 0.3) is 0 Å². The number of aromatic hydroxyl groups is 1. The number of halogens is 1. The predicted molar refractivity (Wildman–Crippen MR) is 81.0 cm³/mol. The molecule has 0 saturated heterocycles. The van der Waals surface area contributed by atoms with Gasteiger partial charge in [0.15, 0.2) is 0 Å². The molecular formula is C13H17BrO5S. The molecule has 0 radical (unpaired) electrons. The molecule has 2 atom stereocenters. The Kier molecular flexibility index (Phi) is 7.36. The first-order valence-electron chi connectivity index (χ1n) is 5.95. The van der Waals surface area contributed by atoms with Gasteiger partial charge in [0.05, 0.1) is 18.5 Å². The van der Waals surface area contributed by atoms with Gasteiger partial charge >= 0.3 is 5.97 Å². The fraction of sp³-hybridized carbons (Fsp3) is 0.462. The van der Waals surface area contributed by atoms with Gasteiger partial charge in [-0.1, -0.05) is 15.9 Å². The molecule has 0 aliphatic carbocycles. The van der Waals surface area contributed by atoms with Crippen LogP contribution in [0.15, 0.2) is 22.7 Å². The Balaban J connectivity index is 2.68. The van der Waals surface area contributed by atoms with Crippen LogP contribution in [-0.4, -0.2) is 41.8 Å². The molecule has 1 aromatic rings. The number of hydrogen-bond acceptors (Lipinski definition) is 6. The normalized spacial score (nSPS) is 13.8. The zero-order valence-corrected chi connectivity index (χ0v) is 13.4. The van der Waals surface area contributed by atoms with E-state index in [0.717, 1.165) is 4.47 Å². The second kappa shape index (κ2) is 8.51. The standard InChI is InChI=1S/C13H17BrO5S/c1-18-11(4-5-19-12(16)7-20)13(17)9-6-8(14)2-3-10(9)15/h2-3,6,11,13,15,17,20H,4-5,7H2,1H3/t11-,13-/m0/s1. The molecular weight excluding hydrogens is 348 g/mol. The summed E-state index contributed by atoms with van der Waals surface area (Å²) in [5.74, 6) is -0.440. The molecule has 1 rings (SSSR count). The molecule has 112 valence electrons. The van der Waals surface area contributed by atoms with E-state index in [1.165, 1.54) is 13.2 Å². The molecule has 0 amide bonds. The van der Waals surface area contributed by atoms with Gasteiger partial charge in [0.2, 0.25) is 0 Å². The molecule has 1 aromatic carbocycles. The number of phenols is 1. The summed E-state index contributed by atoms with van der Waals surface area (Å²) in [4.78, 5) is 11.0. The predicted octanol–water partition coefficient (Wildman–Crippen LogP) is 2.07. The van der Waals surface area contributed by atoms with Gasteiger partial charge in [-0.3, -0.25) is 4.79 Å². The molecule has 7 heteroatoms. The lowest BCUT2D eigenvalue weighted by molar-refractivity contribution is -0.141. The number of ether oxygens (including phenoxy) is 2. The number of hydrogen-bond donors (Lipinski definition) is 3. The van der Waals surface area contributed by atoms with Crippen molar-refractivity contribution in [1.29, 1.82) is 0 Å². The number of carbonyl (C=O) groups excluding carboxylic acids is 1. The zero-order valence-electron chi connectivity index (χ0n) is 11.0. The first-order valence-corrected chi connectivity index (χ1v) is 7.38. The van der Waals surface area contributed by atoms with Crippen molar-refractivity contribution in [2.75, 3.05) is 19.5 Å². The van der Waals surface area contributed by atoms with Crippen LogP contribution in [0.4, 0.5) is 0 Å². The molecule has 0 bridgehead atoms. The summed E-state index contributed by atoms with van der Waals surface area (Å²) in [6.45, 7) is 0.115. The second-order valence-corrected chi connectivity index (χ2v) is 5.32. The van der Waals surface area contributed by atoms with Crippen molar-refractivity contribution in [2.45, 2.75) is 18.6 Å². The molecule has 0 heterocycles. The molecule has 0 aliphatic heterocycles. The third-order valence-electron chi connectivity index (χ3n) is 2.76. The first kappa shape index (κ1) is 17.3. The van der Waals surface area contributed by atoms with E-state index in [2.05, 4.69) is 28.6 Å². The molecule has 5 nitrogen and oxygen atoms in total. The van der Waals surface area contributed by atoms with E-state index in [-0.39, 0.29) is 18.1 Å². The van der Waals surface area contributed by atoms with Crippen LogP contribution in [0.2, 0.25) is 0 Å². The van der Waals surface area contributed by atoms with Crippen molar-refractivity contribution in [3.8, 4) is 5.75 Å². The minimum Gasteiger partial charge on any atom is -0.508 e. The Labute approximate surface area is 131 Å². The van der Waals surface area contributed by atoms with Crippen molar-refractivity contribution in [3.63, 3.8) is 0 Å². The molecule has 20 heavy (non-hydrogen) atoms. The van der Waals surface area contributed by atoms with Crippen molar-refractivity contribution in [1.82, 2.24) is 0 Å². The molecule has 0 fully saturated rings. The van der Waals surface area contributed by atoms with Gasteiger partial charge in [-0.2, -0.15) is 12.6 Å². The fourth-order valence-electron chi connectivity index (χ4n) is 1.70. The van der Waals surface area contributed by atoms with Crippen LogP contribution in [0.1, 0.15) is 18.1 Å². The summed E-state index contributed by atoms with van der Waals surface area (Å²) in [7, 11) is 1.45. The van der Waals surface area contributed by atoms with Crippen LogP contribution >= 0.6 is 28.6 Å². The third kappa shape index (κ3) is 4.97. The Bertz CT molecular complexity index is 454. The number of phenolic OH excluding ortho intramolecular Hbond substituents is 1. The summed E-state index contributed by atoms with van der Waals surface area (Å²) in [6, 6.07) is 4.77. The number of rotatable bonds is 7. The molecule has 0 spiro atoms. The van der Waals surface area contributed by atoms with E-state index < -0.39 is 18.2 Å². The summed E-state index contributed by atoms with van der Waals surface area (Å²) in [6.07, 6.45) is -1.31. The van der Waals surface area contributed by atoms with Crippen molar-refractivity contribution in [3.05, 3.63) is 28.2 Å². The molecule has 0 unspecified atom stereocenters. The van der Waals surface area contributed by atoms with E-state index in [1.807, 2.05) is 0 Å². The van der Waals surface area contributed by atoms with E-state index in [9.17, 15) is 15.0 Å². The quantitative estimate of drug-likeness (QED) is 0.510. The number of carbonyl (C=O) groups is 1. The summed E-state index contributed by atoms with van der Waals surface area (Å²) in [5, 5.41) is 20.0. The Hall–Kier alpha value is -0.760. The maximum atomic E-state index is 11.0.